The van der Waals surface area contributed by atoms with Gasteiger partial charge in [0.05, 0.1) is 42.9 Å². The minimum Gasteiger partial charge on any atom is -0.491 e. The van der Waals surface area contributed by atoms with Gasteiger partial charge in [-0.2, -0.15) is 0 Å². The summed E-state index contributed by atoms with van der Waals surface area (Å²) < 4.78 is 37.0. The molecule has 7 nitrogen and oxygen atoms in total. The number of ether oxygens (including phenoxy) is 6. The van der Waals surface area contributed by atoms with E-state index in [1.54, 1.807) is 12.7 Å². The highest BCUT2D eigenvalue weighted by molar-refractivity contribution is 5.40. The molecular weight excluding hydrogens is 448 g/mol. The molecule has 194 valence electrons. The molecule has 4 heterocycles. The first-order valence-electron chi connectivity index (χ1n) is 13.7. The standard InChI is InChI=1S/C28H40O7/c1-15-23(29)20(30-4)12-22(33-15)34-17-7-9-26(2)16(11-17)5-6-18-19(26)8-10-28-14-32-27(3)24(28)21(13-31-27)35-25(18)28/h5,15,17,19-24,29H,6-14H2,1-4H3/t15-,17-,19+,20-,21-,22+,23-,24-,26+,27-,28+/m1/s1. The van der Waals surface area contributed by atoms with E-state index in [4.69, 9.17) is 28.4 Å². The average molecular weight is 489 g/mol. The van der Waals surface area contributed by atoms with Crippen LogP contribution in [0.15, 0.2) is 23.0 Å². The van der Waals surface area contributed by atoms with Crippen LogP contribution in [0.1, 0.15) is 65.7 Å². The number of aliphatic hydroxyl groups excluding tert-OH is 1. The van der Waals surface area contributed by atoms with Crippen molar-refractivity contribution >= 4 is 0 Å². The van der Waals surface area contributed by atoms with Crippen LogP contribution in [-0.4, -0.2) is 68.0 Å². The third-order valence-corrected chi connectivity index (χ3v) is 10.8. The van der Waals surface area contributed by atoms with Gasteiger partial charge in [-0.25, -0.2) is 0 Å². The van der Waals surface area contributed by atoms with Crippen LogP contribution in [0.2, 0.25) is 0 Å². The van der Waals surface area contributed by atoms with E-state index >= 15 is 0 Å². The minimum absolute atomic E-state index is 0.0151. The fourth-order valence-corrected chi connectivity index (χ4v) is 8.92. The van der Waals surface area contributed by atoms with Gasteiger partial charge in [0.25, 0.3) is 0 Å². The summed E-state index contributed by atoms with van der Waals surface area (Å²) in [5.41, 5.74) is 3.25. The van der Waals surface area contributed by atoms with Crippen molar-refractivity contribution in [3.63, 3.8) is 0 Å². The first kappa shape index (κ1) is 23.2. The predicted octanol–water partition coefficient (Wildman–Crippen LogP) is 3.84. The van der Waals surface area contributed by atoms with Crippen molar-refractivity contribution in [3.05, 3.63) is 23.0 Å². The molecule has 1 saturated carbocycles. The molecule has 11 atom stereocenters. The fraction of sp³-hybridized carbons (Fsp3) is 0.857. The molecule has 5 fully saturated rings. The Morgan fingerprint density at radius 1 is 1.14 bits per heavy atom. The zero-order chi connectivity index (χ0) is 24.2. The zero-order valence-corrected chi connectivity index (χ0v) is 21.5. The van der Waals surface area contributed by atoms with Crippen molar-refractivity contribution in [2.45, 2.75) is 108 Å². The third-order valence-electron chi connectivity index (χ3n) is 10.8. The Morgan fingerprint density at radius 3 is 2.83 bits per heavy atom. The van der Waals surface area contributed by atoms with Gasteiger partial charge in [0.15, 0.2) is 12.1 Å². The summed E-state index contributed by atoms with van der Waals surface area (Å²) in [5, 5.41) is 10.3. The van der Waals surface area contributed by atoms with Crippen LogP contribution in [0.5, 0.6) is 0 Å². The lowest BCUT2D eigenvalue weighted by molar-refractivity contribution is -0.265. The number of hydrogen-bond acceptors (Lipinski definition) is 7. The predicted molar refractivity (Wildman–Crippen MR) is 126 cm³/mol. The van der Waals surface area contributed by atoms with Gasteiger partial charge in [-0.15, -0.1) is 0 Å². The average Bonchev–Trinajstić information content (AvgIpc) is 3.46. The molecular formula is C28H40O7. The summed E-state index contributed by atoms with van der Waals surface area (Å²) in [6.45, 7) is 7.86. The molecule has 7 heteroatoms. The maximum Gasteiger partial charge on any atom is 0.173 e. The fourth-order valence-electron chi connectivity index (χ4n) is 8.92. The van der Waals surface area contributed by atoms with Crippen molar-refractivity contribution < 1.29 is 33.5 Å². The van der Waals surface area contributed by atoms with Crippen LogP contribution in [0.3, 0.4) is 0 Å². The monoisotopic (exact) mass is 488 g/mol. The third kappa shape index (κ3) is 3.12. The Balaban J connectivity index is 1.11. The first-order chi connectivity index (χ1) is 16.8. The number of methoxy groups -OCH3 is 1. The molecule has 4 saturated heterocycles. The Hall–Kier alpha value is -0.960. The molecule has 7 rings (SSSR count). The first-order valence-corrected chi connectivity index (χ1v) is 13.7. The SMILES string of the molecule is CO[C@@H]1C[C@H](O[C@@H]2CC[C@@]3(C)C(=CCC4=C5O[C@@H]6CO[C@]7(C)OC[C@@]5(CC[C@@H]43)[C@H]67)C2)O[C@H](C)[C@H]1O. The van der Waals surface area contributed by atoms with Crippen molar-refractivity contribution in [3.8, 4) is 0 Å². The molecule has 0 amide bonds. The highest BCUT2D eigenvalue weighted by Gasteiger charge is 2.72. The van der Waals surface area contributed by atoms with Crippen molar-refractivity contribution in [1.29, 1.82) is 0 Å². The van der Waals surface area contributed by atoms with E-state index in [0.29, 0.717) is 24.9 Å². The number of fused-ring (bicyclic) bond motifs is 3. The van der Waals surface area contributed by atoms with Crippen LogP contribution in [-0.2, 0) is 28.4 Å². The Morgan fingerprint density at radius 2 is 2.00 bits per heavy atom. The van der Waals surface area contributed by atoms with E-state index in [1.807, 2.05) is 6.92 Å². The molecule has 0 aromatic carbocycles. The second kappa shape index (κ2) is 7.78. The summed E-state index contributed by atoms with van der Waals surface area (Å²) >= 11 is 0. The molecule has 4 aliphatic heterocycles. The summed E-state index contributed by atoms with van der Waals surface area (Å²) in [5.74, 6) is 1.65. The van der Waals surface area contributed by atoms with Crippen LogP contribution in [0.4, 0.5) is 0 Å². The van der Waals surface area contributed by atoms with E-state index in [-0.39, 0.29) is 41.5 Å². The largest absolute Gasteiger partial charge is 0.491 e. The lowest BCUT2D eigenvalue weighted by Gasteiger charge is -2.52. The Bertz CT molecular complexity index is 961. The van der Waals surface area contributed by atoms with Crippen molar-refractivity contribution in [1.82, 2.24) is 0 Å². The second-order valence-corrected chi connectivity index (χ2v) is 12.5. The lowest BCUT2D eigenvalue weighted by Crippen LogP contribution is -2.50. The van der Waals surface area contributed by atoms with Crippen LogP contribution in [0.25, 0.3) is 0 Å². The molecule has 0 aromatic heterocycles. The van der Waals surface area contributed by atoms with Gasteiger partial charge in [0.1, 0.15) is 18.0 Å². The molecule has 35 heavy (non-hydrogen) atoms. The van der Waals surface area contributed by atoms with Gasteiger partial charge in [-0.1, -0.05) is 18.6 Å². The second-order valence-electron chi connectivity index (χ2n) is 12.5. The van der Waals surface area contributed by atoms with Gasteiger partial charge in [-0.05, 0) is 69.3 Å². The lowest BCUT2D eigenvalue weighted by atomic mass is 9.52. The van der Waals surface area contributed by atoms with Crippen LogP contribution in [0, 0.1) is 22.7 Å². The number of allylic oxidation sites excluding steroid dienone is 2. The summed E-state index contributed by atoms with van der Waals surface area (Å²) in [7, 11) is 1.65. The Kier molecular flexibility index (Phi) is 5.15. The van der Waals surface area contributed by atoms with Crippen LogP contribution < -0.4 is 0 Å². The summed E-state index contributed by atoms with van der Waals surface area (Å²) in [6, 6.07) is 0. The molecule has 1 spiro atoms. The van der Waals surface area contributed by atoms with Crippen LogP contribution >= 0.6 is 0 Å². The quantitative estimate of drug-likeness (QED) is 0.605. The molecule has 1 N–H and O–H groups in total. The van der Waals surface area contributed by atoms with Gasteiger partial charge in [0.2, 0.25) is 0 Å². The van der Waals surface area contributed by atoms with E-state index in [9.17, 15) is 5.11 Å². The Labute approximate surface area is 208 Å². The molecule has 3 aliphatic carbocycles. The molecule has 0 unspecified atom stereocenters. The van der Waals surface area contributed by atoms with E-state index in [1.165, 1.54) is 17.8 Å². The topological polar surface area (TPSA) is 75.6 Å². The van der Waals surface area contributed by atoms with E-state index < -0.39 is 11.9 Å². The molecule has 0 radical (unpaired) electrons. The highest BCUT2D eigenvalue weighted by Crippen LogP contribution is 2.68. The summed E-state index contributed by atoms with van der Waals surface area (Å²) in [4.78, 5) is 0. The normalized spacial score (nSPS) is 54.5. The van der Waals surface area contributed by atoms with Gasteiger partial charge in [0, 0.05) is 13.5 Å². The number of hydrogen-bond donors (Lipinski definition) is 1. The van der Waals surface area contributed by atoms with Crippen molar-refractivity contribution in [2.75, 3.05) is 20.3 Å². The zero-order valence-electron chi connectivity index (χ0n) is 21.5. The van der Waals surface area contributed by atoms with E-state index in [2.05, 4.69) is 19.9 Å². The van der Waals surface area contributed by atoms with Gasteiger partial charge in [-0.3, -0.25) is 0 Å². The maximum absolute atomic E-state index is 10.3. The smallest absolute Gasteiger partial charge is 0.173 e. The summed E-state index contributed by atoms with van der Waals surface area (Å²) in [6.07, 6.45) is 8.26. The molecule has 0 aromatic rings. The van der Waals surface area contributed by atoms with Gasteiger partial charge < -0.3 is 33.5 Å². The maximum atomic E-state index is 10.3. The van der Waals surface area contributed by atoms with E-state index in [0.717, 1.165) is 38.7 Å². The molecule has 7 aliphatic rings. The number of aliphatic hydroxyl groups is 1. The van der Waals surface area contributed by atoms with Crippen molar-refractivity contribution in [2.24, 2.45) is 22.7 Å². The minimum atomic E-state index is -0.608. The molecule has 0 bridgehead atoms. The number of rotatable bonds is 3. The highest BCUT2D eigenvalue weighted by atomic mass is 16.7. The van der Waals surface area contributed by atoms with Gasteiger partial charge >= 0.3 is 0 Å².